The number of aromatic nitrogens is 2. The topological polar surface area (TPSA) is 87.3 Å². The van der Waals surface area contributed by atoms with Crippen molar-refractivity contribution in [3.8, 4) is 5.88 Å². The lowest BCUT2D eigenvalue weighted by atomic mass is 10.0. The highest BCUT2D eigenvalue weighted by atomic mass is 32.1. The van der Waals surface area contributed by atoms with E-state index < -0.39 is 6.04 Å². The van der Waals surface area contributed by atoms with Gasteiger partial charge in [-0.05, 0) is 18.4 Å². The summed E-state index contributed by atoms with van der Waals surface area (Å²) in [5, 5.41) is 0. The fourth-order valence-electron chi connectivity index (χ4n) is 4.05. The van der Waals surface area contributed by atoms with Crippen LogP contribution in [0, 0.1) is 0 Å². The molecule has 1 aromatic carbocycles. The second-order valence-corrected chi connectivity index (χ2v) is 9.57. The summed E-state index contributed by atoms with van der Waals surface area (Å²) in [5.41, 5.74) is 9.08. The summed E-state index contributed by atoms with van der Waals surface area (Å²) in [6.45, 7) is 6.37. The van der Waals surface area contributed by atoms with Gasteiger partial charge in [0.15, 0.2) is 0 Å². The van der Waals surface area contributed by atoms with Gasteiger partial charge in [0.25, 0.3) is 5.88 Å². The van der Waals surface area contributed by atoms with Crippen LogP contribution in [0.5, 0.6) is 5.88 Å². The van der Waals surface area contributed by atoms with E-state index >= 15 is 0 Å². The molecule has 2 aromatic rings. The number of unbranched alkanes of at least 4 members (excludes halogenated alkanes) is 3. The molecule has 0 radical (unpaired) electrons. The molecule has 3 atom stereocenters. The van der Waals surface area contributed by atoms with Crippen LogP contribution in [-0.2, 0) is 16.0 Å². The van der Waals surface area contributed by atoms with Crippen molar-refractivity contribution in [1.29, 1.82) is 0 Å². The van der Waals surface area contributed by atoms with Crippen LogP contribution in [0.3, 0.4) is 0 Å². The zero-order chi connectivity index (χ0) is 23.7. The van der Waals surface area contributed by atoms with E-state index in [-0.39, 0.29) is 12.2 Å². The van der Waals surface area contributed by atoms with Gasteiger partial charge in [0.05, 0.1) is 31.9 Å². The molecule has 0 aliphatic carbocycles. The predicted octanol–water partition coefficient (Wildman–Crippen LogP) is 4.19. The Hall–Kier alpha value is -2.29. The maximum Gasteiger partial charge on any atom is 0.327 e. The first-order chi connectivity index (χ1) is 15.9. The van der Waals surface area contributed by atoms with Crippen LogP contribution in [0.4, 0.5) is 0 Å². The average molecular weight is 474 g/mol. The monoisotopic (exact) mass is 473 g/mol. The number of quaternary nitrogens is 1. The lowest BCUT2D eigenvalue weighted by Crippen LogP contribution is -2.56. The Labute approximate surface area is 201 Å². The van der Waals surface area contributed by atoms with Gasteiger partial charge in [0.1, 0.15) is 18.3 Å². The Bertz CT molecular complexity index is 917. The van der Waals surface area contributed by atoms with Crippen LogP contribution < -0.4 is 10.5 Å². The molecule has 3 rings (SSSR count). The van der Waals surface area contributed by atoms with Gasteiger partial charge in [-0.25, -0.2) is 0 Å². The number of nitrogens with zero attached hydrogens (tertiary/aromatic N) is 3. The molecule has 2 unspecified atom stereocenters. The Morgan fingerprint density at radius 2 is 2.00 bits per heavy atom. The number of rotatable bonds is 12. The minimum Gasteiger partial charge on any atom is -0.475 e. The van der Waals surface area contributed by atoms with Crippen molar-refractivity contribution in [3.63, 3.8) is 0 Å². The van der Waals surface area contributed by atoms with Gasteiger partial charge in [-0.3, -0.25) is 9.28 Å². The Kier molecular flexibility index (Phi) is 9.41. The van der Waals surface area contributed by atoms with Crippen molar-refractivity contribution in [1.82, 2.24) is 8.75 Å². The van der Waals surface area contributed by atoms with Crippen LogP contribution in [-0.4, -0.2) is 58.2 Å². The van der Waals surface area contributed by atoms with Gasteiger partial charge < -0.3 is 15.2 Å². The molecule has 0 saturated heterocycles. The summed E-state index contributed by atoms with van der Waals surface area (Å²) in [4.78, 5) is 12.7. The lowest BCUT2D eigenvalue weighted by Gasteiger charge is -2.41. The lowest BCUT2D eigenvalue weighted by molar-refractivity contribution is -0.944. The molecule has 2 N–H and O–H groups in total. The van der Waals surface area contributed by atoms with Crippen molar-refractivity contribution in [2.75, 3.05) is 26.7 Å². The SMILES string of the molecule is CCCCCCOc1nsnc1C1=CCC[N+](C)(C(C)OC(=O)[C@@H](N)Cc2ccccc2)C1. The van der Waals surface area contributed by atoms with Crippen LogP contribution >= 0.6 is 11.7 Å². The molecule has 0 saturated carbocycles. The highest BCUT2D eigenvalue weighted by Gasteiger charge is 2.37. The van der Waals surface area contributed by atoms with Crippen LogP contribution in [0.1, 0.15) is 57.2 Å². The second kappa shape index (κ2) is 12.3. The largest absolute Gasteiger partial charge is 0.475 e. The first-order valence-electron chi connectivity index (χ1n) is 11.9. The minimum atomic E-state index is -0.684. The molecule has 33 heavy (non-hydrogen) atoms. The molecular formula is C25H37N4O3S+. The standard InChI is InChI=1S/C25H37N4O3S/c1-4-5-6-10-16-31-24-23(27-33-28-24)21-14-11-15-29(3,18-21)19(2)32-25(30)22(26)17-20-12-8-7-9-13-20/h7-9,12-14,19,22H,4-6,10-11,15-18,26H2,1-3H3/q+1/t19?,22-,29?/m0/s1. The molecule has 8 heteroatoms. The number of esters is 1. The summed E-state index contributed by atoms with van der Waals surface area (Å²) in [5.74, 6) is 0.249. The highest BCUT2D eigenvalue weighted by molar-refractivity contribution is 6.99. The number of carbonyl (C=O) groups excluding carboxylic acids is 1. The smallest absolute Gasteiger partial charge is 0.327 e. The predicted molar refractivity (Wildman–Crippen MR) is 132 cm³/mol. The summed E-state index contributed by atoms with van der Waals surface area (Å²) in [7, 11) is 2.11. The molecule has 0 bridgehead atoms. The van der Waals surface area contributed by atoms with Gasteiger partial charge in [0.2, 0.25) is 6.23 Å². The first-order valence-corrected chi connectivity index (χ1v) is 12.6. The van der Waals surface area contributed by atoms with E-state index in [4.69, 9.17) is 15.2 Å². The number of ether oxygens (including phenoxy) is 2. The highest BCUT2D eigenvalue weighted by Crippen LogP contribution is 2.31. The number of hydrogen-bond acceptors (Lipinski definition) is 7. The normalized spacial score (nSPS) is 20.1. The molecule has 180 valence electrons. The van der Waals surface area contributed by atoms with Crippen molar-refractivity contribution in [3.05, 3.63) is 47.7 Å². The van der Waals surface area contributed by atoms with E-state index in [2.05, 4.69) is 28.8 Å². The number of likely N-dealkylation sites (N-methyl/N-ethyl adjacent to an activating group) is 1. The fourth-order valence-corrected chi connectivity index (χ4v) is 4.58. The molecule has 1 aliphatic rings. The summed E-state index contributed by atoms with van der Waals surface area (Å²) in [6, 6.07) is 9.09. The molecule has 2 heterocycles. The van der Waals surface area contributed by atoms with Gasteiger partial charge in [0, 0.05) is 18.9 Å². The molecule has 7 nitrogen and oxygen atoms in total. The van der Waals surface area contributed by atoms with E-state index in [1.54, 1.807) is 0 Å². The van der Waals surface area contributed by atoms with Crippen LogP contribution in [0.25, 0.3) is 5.57 Å². The maximum absolute atomic E-state index is 12.7. The Balaban J connectivity index is 1.57. The van der Waals surface area contributed by atoms with Crippen molar-refractivity contribution in [2.45, 2.75) is 64.6 Å². The van der Waals surface area contributed by atoms with Gasteiger partial charge in [-0.1, -0.05) is 62.6 Å². The Morgan fingerprint density at radius 1 is 1.21 bits per heavy atom. The fraction of sp³-hybridized carbons (Fsp3) is 0.560. The average Bonchev–Trinajstić information content (AvgIpc) is 3.28. The van der Waals surface area contributed by atoms with E-state index in [1.165, 1.54) is 24.6 Å². The summed E-state index contributed by atoms with van der Waals surface area (Å²) >= 11 is 1.18. The van der Waals surface area contributed by atoms with Crippen LogP contribution in [0.15, 0.2) is 36.4 Å². The molecule has 1 aromatic heterocycles. The molecule has 0 amide bonds. The van der Waals surface area contributed by atoms with E-state index in [9.17, 15) is 4.79 Å². The molecule has 1 aliphatic heterocycles. The third kappa shape index (κ3) is 7.09. The van der Waals surface area contributed by atoms with Gasteiger partial charge >= 0.3 is 5.97 Å². The van der Waals surface area contributed by atoms with Gasteiger partial charge in [-0.2, -0.15) is 4.37 Å². The van der Waals surface area contributed by atoms with E-state index in [0.717, 1.165) is 42.6 Å². The minimum absolute atomic E-state index is 0.326. The van der Waals surface area contributed by atoms with E-state index in [1.807, 2.05) is 37.3 Å². The molecule has 0 spiro atoms. The van der Waals surface area contributed by atoms with Crippen LogP contribution in [0.2, 0.25) is 0 Å². The van der Waals surface area contributed by atoms with Crippen molar-refractivity contribution in [2.24, 2.45) is 5.73 Å². The molecular weight excluding hydrogens is 436 g/mol. The zero-order valence-electron chi connectivity index (χ0n) is 20.0. The van der Waals surface area contributed by atoms with Crippen molar-refractivity contribution < 1.29 is 18.8 Å². The zero-order valence-corrected chi connectivity index (χ0v) is 20.9. The van der Waals surface area contributed by atoms with Crippen molar-refractivity contribution >= 4 is 23.3 Å². The third-order valence-corrected chi connectivity index (χ3v) is 6.84. The Morgan fingerprint density at radius 3 is 2.76 bits per heavy atom. The van der Waals surface area contributed by atoms with E-state index in [0.29, 0.717) is 29.9 Å². The number of carbonyl (C=O) groups is 1. The summed E-state index contributed by atoms with van der Waals surface area (Å²) in [6.07, 6.45) is 7.82. The maximum atomic E-state index is 12.7. The van der Waals surface area contributed by atoms with Gasteiger partial charge in [-0.15, -0.1) is 4.37 Å². The number of hydrogen-bond donors (Lipinski definition) is 1. The molecule has 0 fully saturated rings. The quantitative estimate of drug-likeness (QED) is 0.283. The first kappa shape index (κ1) is 25.3. The second-order valence-electron chi connectivity index (χ2n) is 9.04. The third-order valence-electron chi connectivity index (χ3n) is 6.33. The number of benzene rings is 1. The number of nitrogens with two attached hydrogens (primary N) is 1. The summed E-state index contributed by atoms with van der Waals surface area (Å²) < 4.78 is 21.2.